The molecule has 0 bridgehead atoms. The first-order valence-corrected chi connectivity index (χ1v) is 10.8. The number of piperidine rings is 1. The van der Waals surface area contributed by atoms with Gasteiger partial charge in [-0.1, -0.05) is 0 Å². The Morgan fingerprint density at radius 2 is 2.10 bits per heavy atom. The molecule has 2 heterocycles. The summed E-state index contributed by atoms with van der Waals surface area (Å²) in [5.74, 6) is 1.90. The van der Waals surface area contributed by atoms with Crippen LogP contribution in [-0.4, -0.2) is 44.0 Å². The van der Waals surface area contributed by atoms with Crippen LogP contribution in [0.25, 0.3) is 0 Å². The van der Waals surface area contributed by atoms with Crippen LogP contribution in [0.4, 0.5) is 0 Å². The van der Waals surface area contributed by atoms with Crippen LogP contribution in [0.15, 0.2) is 35.0 Å². The van der Waals surface area contributed by atoms with Crippen molar-refractivity contribution >= 4 is 23.2 Å². The van der Waals surface area contributed by atoms with Crippen molar-refractivity contribution < 1.29 is 19.1 Å². The number of hydrogen-bond acceptors (Lipinski definition) is 5. The van der Waals surface area contributed by atoms with Gasteiger partial charge < -0.3 is 19.7 Å². The quantitative estimate of drug-likeness (QED) is 0.712. The Kier molecular flexibility index (Phi) is 7.52. The highest BCUT2D eigenvalue weighted by atomic mass is 32.1. The highest BCUT2D eigenvalue weighted by Gasteiger charge is 2.25. The number of nitrogens with one attached hydrogen (secondary N) is 1. The molecule has 1 saturated heterocycles. The summed E-state index contributed by atoms with van der Waals surface area (Å²) in [4.78, 5) is 26.8. The van der Waals surface area contributed by atoms with Crippen molar-refractivity contribution in [1.29, 1.82) is 0 Å². The molecule has 1 aliphatic heterocycles. The summed E-state index contributed by atoms with van der Waals surface area (Å²) in [6.07, 6.45) is 3.31. The molecule has 1 fully saturated rings. The Bertz CT molecular complexity index is 822. The minimum atomic E-state index is 0.0177. The standard InChI is InChI=1S/C22H28N2O4S/c1-27-19-7-6-17(20(12-19)28-2)13-23-21(25)8-5-16-4-3-10-24(14-16)22(26)18-9-11-29-15-18/h6-7,9,11-12,15-16H,3-5,8,10,13-14H2,1-2H3,(H,23,25)/t16-/m1/s1. The number of nitrogens with zero attached hydrogens (tertiary/aromatic N) is 1. The van der Waals surface area contributed by atoms with Crippen LogP contribution < -0.4 is 14.8 Å². The van der Waals surface area contributed by atoms with E-state index in [4.69, 9.17) is 9.47 Å². The van der Waals surface area contributed by atoms with E-state index in [0.29, 0.717) is 24.6 Å². The molecule has 0 aliphatic carbocycles. The molecule has 1 atom stereocenters. The lowest BCUT2D eigenvalue weighted by Gasteiger charge is -2.32. The van der Waals surface area contributed by atoms with Gasteiger partial charge in [-0.05, 0) is 48.8 Å². The molecule has 156 valence electrons. The van der Waals surface area contributed by atoms with Gasteiger partial charge in [0.05, 0.1) is 19.8 Å². The number of benzene rings is 1. The van der Waals surface area contributed by atoms with E-state index in [0.717, 1.165) is 49.2 Å². The van der Waals surface area contributed by atoms with Gasteiger partial charge >= 0.3 is 0 Å². The van der Waals surface area contributed by atoms with Crippen LogP contribution >= 0.6 is 11.3 Å². The molecule has 1 N–H and O–H groups in total. The Hall–Kier alpha value is -2.54. The van der Waals surface area contributed by atoms with E-state index in [-0.39, 0.29) is 11.8 Å². The van der Waals surface area contributed by atoms with Gasteiger partial charge in [-0.2, -0.15) is 11.3 Å². The third-order valence-electron chi connectivity index (χ3n) is 5.32. The van der Waals surface area contributed by atoms with E-state index in [1.165, 1.54) is 11.3 Å². The summed E-state index contributed by atoms with van der Waals surface area (Å²) in [5.41, 5.74) is 1.67. The number of methoxy groups -OCH3 is 2. The molecule has 7 heteroatoms. The molecule has 1 aliphatic rings. The van der Waals surface area contributed by atoms with E-state index in [2.05, 4.69) is 5.32 Å². The third kappa shape index (κ3) is 5.73. The number of thiophene rings is 1. The lowest BCUT2D eigenvalue weighted by Crippen LogP contribution is -2.40. The number of rotatable bonds is 8. The number of carbonyl (C=O) groups excluding carboxylic acids is 2. The smallest absolute Gasteiger partial charge is 0.254 e. The first kappa shape index (κ1) is 21.2. The summed E-state index contributed by atoms with van der Waals surface area (Å²) < 4.78 is 10.6. The molecule has 6 nitrogen and oxygen atoms in total. The van der Waals surface area contributed by atoms with Gasteiger partial charge in [0.15, 0.2) is 0 Å². The molecule has 2 aromatic rings. The lowest BCUT2D eigenvalue weighted by atomic mass is 9.93. The number of carbonyl (C=O) groups is 2. The Morgan fingerprint density at radius 1 is 1.24 bits per heavy atom. The van der Waals surface area contributed by atoms with E-state index in [9.17, 15) is 9.59 Å². The zero-order valence-corrected chi connectivity index (χ0v) is 17.8. The van der Waals surface area contributed by atoms with Gasteiger partial charge in [-0.3, -0.25) is 9.59 Å². The number of likely N-dealkylation sites (tertiary alicyclic amines) is 1. The number of hydrogen-bond donors (Lipinski definition) is 1. The van der Waals surface area contributed by atoms with E-state index < -0.39 is 0 Å². The highest BCUT2D eigenvalue weighted by Crippen LogP contribution is 2.25. The Balaban J connectivity index is 1.45. The van der Waals surface area contributed by atoms with Crippen molar-refractivity contribution in [3.63, 3.8) is 0 Å². The van der Waals surface area contributed by atoms with Crippen molar-refractivity contribution in [1.82, 2.24) is 10.2 Å². The normalized spacial score (nSPS) is 16.3. The number of amides is 2. The van der Waals surface area contributed by atoms with Crippen LogP contribution in [-0.2, 0) is 11.3 Å². The summed E-state index contributed by atoms with van der Waals surface area (Å²) in [6, 6.07) is 7.43. The van der Waals surface area contributed by atoms with Crippen molar-refractivity contribution in [3.05, 3.63) is 46.2 Å². The second-order valence-corrected chi connectivity index (χ2v) is 8.04. The minimum Gasteiger partial charge on any atom is -0.497 e. The average Bonchev–Trinajstić information content (AvgIpc) is 3.30. The van der Waals surface area contributed by atoms with E-state index >= 15 is 0 Å². The molecule has 3 rings (SSSR count). The fourth-order valence-electron chi connectivity index (χ4n) is 3.67. The van der Waals surface area contributed by atoms with Crippen LogP contribution in [0.5, 0.6) is 11.5 Å². The molecule has 2 amide bonds. The molecule has 29 heavy (non-hydrogen) atoms. The summed E-state index contributed by atoms with van der Waals surface area (Å²) in [5, 5.41) is 6.79. The second-order valence-electron chi connectivity index (χ2n) is 7.26. The molecular formula is C22H28N2O4S. The molecule has 0 radical (unpaired) electrons. The Morgan fingerprint density at radius 3 is 2.83 bits per heavy atom. The molecule has 1 aromatic heterocycles. The van der Waals surface area contributed by atoms with Gasteiger partial charge in [-0.25, -0.2) is 0 Å². The van der Waals surface area contributed by atoms with Crippen molar-refractivity contribution in [2.24, 2.45) is 5.92 Å². The van der Waals surface area contributed by atoms with Gasteiger partial charge in [0.1, 0.15) is 11.5 Å². The first-order chi connectivity index (χ1) is 14.1. The van der Waals surface area contributed by atoms with Crippen LogP contribution in [0, 0.1) is 5.92 Å². The predicted octanol–water partition coefficient (Wildman–Crippen LogP) is 3.71. The van der Waals surface area contributed by atoms with Crippen LogP contribution in [0.1, 0.15) is 41.6 Å². The van der Waals surface area contributed by atoms with Gasteiger partial charge in [0, 0.05) is 43.1 Å². The van der Waals surface area contributed by atoms with Gasteiger partial charge in [0.2, 0.25) is 5.91 Å². The van der Waals surface area contributed by atoms with E-state index in [1.54, 1.807) is 14.2 Å². The number of ether oxygens (including phenoxy) is 2. The molecule has 0 spiro atoms. The maximum Gasteiger partial charge on any atom is 0.254 e. The van der Waals surface area contributed by atoms with Crippen LogP contribution in [0.2, 0.25) is 0 Å². The van der Waals surface area contributed by atoms with E-state index in [1.807, 2.05) is 39.9 Å². The molecular weight excluding hydrogens is 388 g/mol. The van der Waals surface area contributed by atoms with Gasteiger partial charge in [-0.15, -0.1) is 0 Å². The third-order valence-corrected chi connectivity index (χ3v) is 6.01. The lowest BCUT2D eigenvalue weighted by molar-refractivity contribution is -0.121. The fourth-order valence-corrected chi connectivity index (χ4v) is 4.30. The summed E-state index contributed by atoms with van der Waals surface area (Å²) in [7, 11) is 3.21. The molecule has 1 aromatic carbocycles. The molecule has 0 unspecified atom stereocenters. The largest absolute Gasteiger partial charge is 0.497 e. The maximum atomic E-state index is 12.5. The maximum absolute atomic E-state index is 12.5. The monoisotopic (exact) mass is 416 g/mol. The first-order valence-electron chi connectivity index (χ1n) is 9.89. The Labute approximate surface area is 175 Å². The summed E-state index contributed by atoms with van der Waals surface area (Å²) >= 11 is 1.54. The average molecular weight is 417 g/mol. The highest BCUT2D eigenvalue weighted by molar-refractivity contribution is 7.08. The SMILES string of the molecule is COc1ccc(CNC(=O)CC[C@H]2CCCN(C(=O)c3ccsc3)C2)c(OC)c1. The zero-order chi connectivity index (χ0) is 20.6. The van der Waals surface area contributed by atoms with Crippen molar-refractivity contribution in [3.8, 4) is 11.5 Å². The topological polar surface area (TPSA) is 67.9 Å². The van der Waals surface area contributed by atoms with Crippen molar-refractivity contribution in [2.75, 3.05) is 27.3 Å². The minimum absolute atomic E-state index is 0.0177. The fraction of sp³-hybridized carbons (Fsp3) is 0.455. The van der Waals surface area contributed by atoms with Crippen molar-refractivity contribution in [2.45, 2.75) is 32.2 Å². The second kappa shape index (κ2) is 10.3. The predicted molar refractivity (Wildman–Crippen MR) is 114 cm³/mol. The molecule has 0 saturated carbocycles. The van der Waals surface area contributed by atoms with Crippen LogP contribution in [0.3, 0.4) is 0 Å². The zero-order valence-electron chi connectivity index (χ0n) is 17.0. The summed E-state index contributed by atoms with van der Waals surface area (Å²) in [6.45, 7) is 1.95. The van der Waals surface area contributed by atoms with Gasteiger partial charge in [0.25, 0.3) is 5.91 Å².